The maximum absolute atomic E-state index is 12.9. The summed E-state index contributed by atoms with van der Waals surface area (Å²) in [5.41, 5.74) is 2.08. The van der Waals surface area contributed by atoms with Crippen molar-refractivity contribution in [2.75, 3.05) is 46.5 Å². The lowest BCUT2D eigenvalue weighted by Crippen LogP contribution is -2.38. The van der Waals surface area contributed by atoms with Crippen LogP contribution in [0.25, 0.3) is 11.0 Å². The minimum atomic E-state index is -0.398. The SMILES string of the molecule is COc1cc2c(c3oc(=O)c(CCC(=O)NCCCN4CCOCC4)c(C)c13)CCC(C)(C)O2. The molecule has 4 rings (SSSR count). The van der Waals surface area contributed by atoms with Gasteiger partial charge in [0, 0.05) is 43.2 Å². The molecule has 1 amide bonds. The minimum Gasteiger partial charge on any atom is -0.496 e. The van der Waals surface area contributed by atoms with E-state index in [0.717, 1.165) is 68.6 Å². The average molecular weight is 473 g/mol. The molecule has 0 aliphatic carbocycles. The Balaban J connectivity index is 1.44. The molecule has 1 fully saturated rings. The zero-order chi connectivity index (χ0) is 24.3. The van der Waals surface area contributed by atoms with Gasteiger partial charge in [-0.3, -0.25) is 9.69 Å². The molecule has 1 saturated heterocycles. The molecule has 3 heterocycles. The van der Waals surface area contributed by atoms with Crippen molar-refractivity contribution in [3.8, 4) is 11.5 Å². The van der Waals surface area contributed by atoms with E-state index >= 15 is 0 Å². The van der Waals surface area contributed by atoms with Gasteiger partial charge in [-0.1, -0.05) is 0 Å². The number of nitrogens with zero attached hydrogens (tertiary/aromatic N) is 1. The van der Waals surface area contributed by atoms with Crippen LogP contribution >= 0.6 is 0 Å². The van der Waals surface area contributed by atoms with E-state index in [0.29, 0.717) is 35.6 Å². The normalized spacial score (nSPS) is 17.8. The molecule has 0 atom stereocenters. The zero-order valence-corrected chi connectivity index (χ0v) is 20.8. The number of aryl methyl sites for hydroxylation is 2. The Morgan fingerprint density at radius 3 is 2.76 bits per heavy atom. The van der Waals surface area contributed by atoms with Crippen molar-refractivity contribution in [3.63, 3.8) is 0 Å². The Bertz CT molecular complexity index is 1100. The molecule has 186 valence electrons. The summed E-state index contributed by atoms with van der Waals surface area (Å²) in [5, 5.41) is 3.75. The van der Waals surface area contributed by atoms with Gasteiger partial charge < -0.3 is 23.9 Å². The monoisotopic (exact) mass is 472 g/mol. The van der Waals surface area contributed by atoms with Crippen molar-refractivity contribution in [1.82, 2.24) is 10.2 Å². The number of hydrogen-bond donors (Lipinski definition) is 1. The Labute approximate surface area is 200 Å². The molecule has 1 aromatic heterocycles. The van der Waals surface area contributed by atoms with Crippen molar-refractivity contribution in [2.45, 2.75) is 58.5 Å². The van der Waals surface area contributed by atoms with Crippen LogP contribution in [0.15, 0.2) is 15.3 Å². The van der Waals surface area contributed by atoms with Crippen LogP contribution in [0.1, 0.15) is 49.8 Å². The smallest absolute Gasteiger partial charge is 0.339 e. The number of benzene rings is 1. The van der Waals surface area contributed by atoms with Crippen LogP contribution in [-0.4, -0.2) is 62.9 Å². The van der Waals surface area contributed by atoms with Gasteiger partial charge in [-0.05, 0) is 58.6 Å². The first-order chi connectivity index (χ1) is 16.3. The second kappa shape index (κ2) is 10.4. The van der Waals surface area contributed by atoms with Gasteiger partial charge in [0.25, 0.3) is 0 Å². The third kappa shape index (κ3) is 5.39. The number of carbonyl (C=O) groups is 1. The molecule has 34 heavy (non-hydrogen) atoms. The lowest BCUT2D eigenvalue weighted by molar-refractivity contribution is -0.121. The summed E-state index contributed by atoms with van der Waals surface area (Å²) in [7, 11) is 1.60. The molecule has 2 aromatic rings. The second-order valence-electron chi connectivity index (χ2n) is 9.77. The molecule has 0 unspecified atom stereocenters. The molecule has 8 nitrogen and oxygen atoms in total. The average Bonchev–Trinajstić information content (AvgIpc) is 2.80. The lowest BCUT2D eigenvalue weighted by atomic mass is 9.91. The van der Waals surface area contributed by atoms with Gasteiger partial charge in [-0.15, -0.1) is 0 Å². The molecule has 1 aromatic carbocycles. The van der Waals surface area contributed by atoms with E-state index in [1.807, 2.05) is 26.8 Å². The van der Waals surface area contributed by atoms with Crippen LogP contribution in [0.3, 0.4) is 0 Å². The van der Waals surface area contributed by atoms with Crippen LogP contribution in [0, 0.1) is 6.92 Å². The van der Waals surface area contributed by atoms with Crippen LogP contribution in [0.2, 0.25) is 0 Å². The number of carbonyl (C=O) groups excluding carboxylic acids is 1. The van der Waals surface area contributed by atoms with Crippen LogP contribution in [0.5, 0.6) is 11.5 Å². The molecule has 8 heteroatoms. The summed E-state index contributed by atoms with van der Waals surface area (Å²) in [4.78, 5) is 27.7. The fourth-order valence-corrected chi connectivity index (χ4v) is 4.81. The van der Waals surface area contributed by atoms with Gasteiger partial charge in [0.2, 0.25) is 5.91 Å². The van der Waals surface area contributed by atoms with E-state index in [1.165, 1.54) is 0 Å². The summed E-state index contributed by atoms with van der Waals surface area (Å²) in [5.74, 6) is 1.25. The topological polar surface area (TPSA) is 90.2 Å². The number of hydrogen-bond acceptors (Lipinski definition) is 7. The van der Waals surface area contributed by atoms with E-state index in [-0.39, 0.29) is 17.9 Å². The number of fused-ring (bicyclic) bond motifs is 3. The van der Waals surface area contributed by atoms with Crippen LogP contribution in [0.4, 0.5) is 0 Å². The molecular weight excluding hydrogens is 436 g/mol. The van der Waals surface area contributed by atoms with Crippen LogP contribution < -0.4 is 20.4 Å². The fraction of sp³-hybridized carbons (Fsp3) is 0.615. The maximum atomic E-state index is 12.9. The first kappa shape index (κ1) is 24.5. The van der Waals surface area contributed by atoms with Gasteiger partial charge in [0.05, 0.1) is 25.7 Å². The largest absolute Gasteiger partial charge is 0.496 e. The first-order valence-electron chi connectivity index (χ1n) is 12.2. The Morgan fingerprint density at radius 2 is 2.03 bits per heavy atom. The van der Waals surface area contributed by atoms with Gasteiger partial charge in [-0.2, -0.15) is 0 Å². The van der Waals surface area contributed by atoms with E-state index in [1.54, 1.807) is 7.11 Å². The molecule has 0 bridgehead atoms. The quantitative estimate of drug-likeness (QED) is 0.467. The van der Waals surface area contributed by atoms with E-state index < -0.39 is 5.63 Å². The summed E-state index contributed by atoms with van der Waals surface area (Å²) in [6.45, 7) is 11.0. The molecule has 0 radical (unpaired) electrons. The number of ether oxygens (including phenoxy) is 3. The van der Waals surface area contributed by atoms with Crippen molar-refractivity contribution in [2.24, 2.45) is 0 Å². The highest BCUT2D eigenvalue weighted by Gasteiger charge is 2.31. The van der Waals surface area contributed by atoms with E-state index in [2.05, 4.69) is 10.2 Å². The summed E-state index contributed by atoms with van der Waals surface area (Å²) in [6, 6.07) is 1.89. The first-order valence-corrected chi connectivity index (χ1v) is 12.2. The third-order valence-electron chi connectivity index (χ3n) is 6.84. The molecular formula is C26H36N2O6. The molecule has 0 saturated carbocycles. The Morgan fingerprint density at radius 1 is 1.26 bits per heavy atom. The van der Waals surface area contributed by atoms with E-state index in [9.17, 15) is 9.59 Å². The Hall–Kier alpha value is -2.58. The minimum absolute atomic E-state index is 0.0612. The highest BCUT2D eigenvalue weighted by Crippen LogP contribution is 2.43. The van der Waals surface area contributed by atoms with Gasteiger partial charge >= 0.3 is 5.63 Å². The van der Waals surface area contributed by atoms with Crippen molar-refractivity contribution < 1.29 is 23.4 Å². The van der Waals surface area contributed by atoms with Gasteiger partial charge in [0.15, 0.2) is 0 Å². The van der Waals surface area contributed by atoms with Crippen molar-refractivity contribution in [3.05, 3.63) is 33.2 Å². The van der Waals surface area contributed by atoms with Crippen molar-refractivity contribution >= 4 is 16.9 Å². The number of nitrogens with one attached hydrogen (secondary N) is 1. The van der Waals surface area contributed by atoms with Crippen molar-refractivity contribution in [1.29, 1.82) is 0 Å². The highest BCUT2D eigenvalue weighted by molar-refractivity contribution is 5.92. The highest BCUT2D eigenvalue weighted by atomic mass is 16.5. The predicted octanol–water partition coefficient (Wildman–Crippen LogP) is 2.98. The van der Waals surface area contributed by atoms with Gasteiger partial charge in [0.1, 0.15) is 22.7 Å². The lowest BCUT2D eigenvalue weighted by Gasteiger charge is -2.33. The number of morpholine rings is 1. The third-order valence-corrected chi connectivity index (χ3v) is 6.84. The maximum Gasteiger partial charge on any atom is 0.339 e. The second-order valence-corrected chi connectivity index (χ2v) is 9.77. The molecule has 1 N–H and O–H groups in total. The van der Waals surface area contributed by atoms with Crippen LogP contribution in [-0.2, 0) is 22.4 Å². The number of amides is 1. The predicted molar refractivity (Wildman–Crippen MR) is 130 cm³/mol. The molecule has 2 aliphatic rings. The summed E-state index contributed by atoms with van der Waals surface area (Å²) >= 11 is 0. The summed E-state index contributed by atoms with van der Waals surface area (Å²) in [6.07, 6.45) is 3.04. The van der Waals surface area contributed by atoms with Gasteiger partial charge in [-0.25, -0.2) is 4.79 Å². The molecule has 2 aliphatic heterocycles. The molecule has 0 spiro atoms. The Kier molecular flexibility index (Phi) is 7.48. The number of rotatable bonds is 8. The number of methoxy groups -OCH3 is 1. The standard InChI is InChI=1S/C26H36N2O6/c1-17-18(6-7-22(29)27-10-5-11-28-12-14-32-15-13-28)25(30)33-24-19-8-9-26(2,3)34-20(19)16-21(31-4)23(17)24/h16H,5-15H2,1-4H3,(H,27,29). The fourth-order valence-electron chi connectivity index (χ4n) is 4.81. The zero-order valence-electron chi connectivity index (χ0n) is 20.8. The van der Waals surface area contributed by atoms with E-state index in [4.69, 9.17) is 18.6 Å². The summed E-state index contributed by atoms with van der Waals surface area (Å²) < 4.78 is 23.0.